The van der Waals surface area contributed by atoms with Gasteiger partial charge in [-0.25, -0.2) is 0 Å². The summed E-state index contributed by atoms with van der Waals surface area (Å²) in [5, 5.41) is 6.76. The molecule has 5 heavy (non-hydrogen) atoms. The quantitative estimate of drug-likeness (QED) is 0.309. The fraction of sp³-hybridized carbons (Fsp3) is 0.500. The van der Waals surface area contributed by atoms with Gasteiger partial charge in [0.25, 0.3) is 0 Å². The predicted octanol–water partition coefficient (Wildman–Crippen LogP) is -0.534. The van der Waals surface area contributed by atoms with Gasteiger partial charge in [0.15, 0.2) is 0 Å². The van der Waals surface area contributed by atoms with Gasteiger partial charge in [0.2, 0.25) is 0 Å². The Bertz CT molecular complexity index is 28.6. The molecule has 0 aromatic heterocycles. The molecular formula is C2H5N2O-. The SMILES string of the molecule is CN.[N-]=C=O. The molecular weight excluding hydrogens is 68.0 g/mol. The van der Waals surface area contributed by atoms with Crippen molar-refractivity contribution in [1.29, 1.82) is 0 Å². The lowest BCUT2D eigenvalue weighted by Gasteiger charge is -1.32. The van der Waals surface area contributed by atoms with Crippen molar-refractivity contribution in [3.05, 3.63) is 5.41 Å². The molecule has 0 aromatic rings. The minimum absolute atomic E-state index is 0.500. The van der Waals surface area contributed by atoms with Crippen molar-refractivity contribution in [3.8, 4) is 0 Å². The standard InChI is InChI=1S/CNO.CH5N/c2-1-3;1-2/h;2H2,1H3/q-1;. The van der Waals surface area contributed by atoms with Crippen LogP contribution in [0.3, 0.4) is 0 Å². The predicted molar refractivity (Wildman–Crippen MR) is 19.2 cm³/mol. The van der Waals surface area contributed by atoms with Crippen LogP contribution in [0.5, 0.6) is 0 Å². The summed E-state index contributed by atoms with van der Waals surface area (Å²) in [4.78, 5) is 8.24. The van der Waals surface area contributed by atoms with Crippen LogP contribution in [0.1, 0.15) is 0 Å². The number of carbonyl (C=O) groups excluding carboxylic acids is 1. The fourth-order valence-corrected chi connectivity index (χ4v) is 0. The van der Waals surface area contributed by atoms with Crippen molar-refractivity contribution in [2.75, 3.05) is 7.05 Å². The smallest absolute Gasteiger partial charge is 0.0159 e. The Balaban J connectivity index is 0. The van der Waals surface area contributed by atoms with Crippen molar-refractivity contribution < 1.29 is 4.79 Å². The van der Waals surface area contributed by atoms with Gasteiger partial charge in [0.1, 0.15) is 0 Å². The van der Waals surface area contributed by atoms with Gasteiger partial charge in [0.05, 0.1) is 0 Å². The highest BCUT2D eigenvalue weighted by Crippen LogP contribution is 0.949. The molecule has 0 aromatic carbocycles. The maximum absolute atomic E-state index is 8.24. The van der Waals surface area contributed by atoms with Gasteiger partial charge in [-0.3, -0.25) is 4.79 Å². The Morgan fingerprint density at radius 2 is 1.80 bits per heavy atom. The van der Waals surface area contributed by atoms with E-state index >= 15 is 0 Å². The van der Waals surface area contributed by atoms with Crippen LogP contribution in [0.2, 0.25) is 0 Å². The lowest BCUT2D eigenvalue weighted by atomic mass is 11.6. The summed E-state index contributed by atoms with van der Waals surface area (Å²) in [6.07, 6.45) is 0.500. The van der Waals surface area contributed by atoms with Crippen LogP contribution in [0.4, 0.5) is 0 Å². The molecule has 0 rings (SSSR count). The second kappa shape index (κ2) is 158. The maximum Gasteiger partial charge on any atom is -0.0159 e. The Kier molecular flexibility index (Phi) is 280. The van der Waals surface area contributed by atoms with E-state index in [2.05, 4.69) is 5.73 Å². The molecule has 30 valence electrons. The second-order valence-corrected chi connectivity index (χ2v) is 0.0913. The van der Waals surface area contributed by atoms with E-state index < -0.39 is 0 Å². The first kappa shape index (κ1) is 8.84. The average molecular weight is 73.1 g/mol. The van der Waals surface area contributed by atoms with E-state index in [1.165, 1.54) is 7.05 Å². The molecule has 0 aliphatic heterocycles. The van der Waals surface area contributed by atoms with Crippen LogP contribution in [0.15, 0.2) is 0 Å². The molecule has 0 heterocycles. The summed E-state index contributed by atoms with van der Waals surface area (Å²) in [7, 11) is 1.50. The van der Waals surface area contributed by atoms with Gasteiger partial charge in [-0.05, 0) is 13.1 Å². The third-order valence-corrected chi connectivity index (χ3v) is 0. The molecule has 0 saturated heterocycles. The molecule has 0 bridgehead atoms. The van der Waals surface area contributed by atoms with E-state index in [4.69, 9.17) is 10.2 Å². The third-order valence-electron chi connectivity index (χ3n) is 0. The lowest BCUT2D eigenvalue weighted by molar-refractivity contribution is 0.569. The molecule has 3 nitrogen and oxygen atoms in total. The average Bonchev–Trinajstić information content (AvgIpc) is 1.46. The normalized spacial score (nSPS) is 2.80. The summed E-state index contributed by atoms with van der Waals surface area (Å²) in [6.45, 7) is 0. The number of nitrogens with two attached hydrogens (primary N) is 1. The Morgan fingerprint density at radius 1 is 1.80 bits per heavy atom. The lowest BCUT2D eigenvalue weighted by Crippen LogP contribution is -1.69. The second-order valence-electron chi connectivity index (χ2n) is 0.0913. The van der Waals surface area contributed by atoms with E-state index in [1.54, 1.807) is 0 Å². The zero-order valence-electron chi connectivity index (χ0n) is 2.93. The summed E-state index contributed by atoms with van der Waals surface area (Å²) >= 11 is 0. The van der Waals surface area contributed by atoms with Crippen LogP contribution in [-0.4, -0.2) is 13.1 Å². The van der Waals surface area contributed by atoms with Crippen molar-refractivity contribution in [2.24, 2.45) is 5.73 Å². The third kappa shape index (κ3) is 13.8. The van der Waals surface area contributed by atoms with Gasteiger partial charge in [-0.15, -0.1) is 0 Å². The highest BCUT2D eigenvalue weighted by molar-refractivity contribution is 5.36. The molecule has 0 fully saturated rings. The van der Waals surface area contributed by atoms with Gasteiger partial charge < -0.3 is 11.1 Å². The van der Waals surface area contributed by atoms with Gasteiger partial charge in [0, 0.05) is 0 Å². The first-order valence-corrected chi connectivity index (χ1v) is 1.01. The van der Waals surface area contributed by atoms with Crippen LogP contribution in [-0.2, 0) is 4.79 Å². The number of isocyanates is 1. The molecule has 3 heteroatoms. The van der Waals surface area contributed by atoms with Gasteiger partial charge in [-0.2, -0.15) is 0 Å². The van der Waals surface area contributed by atoms with Crippen LogP contribution in [0, 0.1) is 0 Å². The van der Waals surface area contributed by atoms with Crippen molar-refractivity contribution in [2.45, 2.75) is 0 Å². The molecule has 0 aliphatic rings. The van der Waals surface area contributed by atoms with Gasteiger partial charge >= 0.3 is 0 Å². The highest BCUT2D eigenvalue weighted by Gasteiger charge is 0.836. The summed E-state index contributed by atoms with van der Waals surface area (Å²) in [5.41, 5.74) is 4.50. The Morgan fingerprint density at radius 3 is 1.80 bits per heavy atom. The fourth-order valence-electron chi connectivity index (χ4n) is 0. The first-order valence-electron chi connectivity index (χ1n) is 1.01. The van der Waals surface area contributed by atoms with Crippen LogP contribution < -0.4 is 5.73 Å². The van der Waals surface area contributed by atoms with E-state index in [-0.39, 0.29) is 0 Å². The number of hydrogen-bond donors (Lipinski definition) is 1. The summed E-state index contributed by atoms with van der Waals surface area (Å²) in [6, 6.07) is 0. The first-order chi connectivity index (χ1) is 2.41. The van der Waals surface area contributed by atoms with Crippen molar-refractivity contribution >= 4 is 6.08 Å². The number of hydrogen-bond acceptors (Lipinski definition) is 2. The molecule has 0 unspecified atom stereocenters. The minimum atomic E-state index is 0.500. The Labute approximate surface area is 30.3 Å². The zero-order valence-corrected chi connectivity index (χ0v) is 2.93. The molecule has 0 saturated carbocycles. The van der Waals surface area contributed by atoms with Gasteiger partial charge in [-0.1, -0.05) is 0 Å². The molecule has 0 aliphatic carbocycles. The highest BCUT2D eigenvalue weighted by atomic mass is 16.1. The molecule has 0 radical (unpaired) electrons. The van der Waals surface area contributed by atoms with E-state index in [1.807, 2.05) is 0 Å². The summed E-state index contributed by atoms with van der Waals surface area (Å²) < 4.78 is 0. The largest absolute Gasteiger partial charge is 0.724 e. The van der Waals surface area contributed by atoms with Crippen molar-refractivity contribution in [1.82, 2.24) is 0 Å². The van der Waals surface area contributed by atoms with Crippen LogP contribution >= 0.6 is 0 Å². The van der Waals surface area contributed by atoms with E-state index in [0.29, 0.717) is 6.08 Å². The van der Waals surface area contributed by atoms with Crippen molar-refractivity contribution in [3.63, 3.8) is 0 Å². The molecule has 0 spiro atoms. The molecule has 2 N–H and O–H groups in total. The monoisotopic (exact) mass is 73.0 g/mol. The van der Waals surface area contributed by atoms with Crippen LogP contribution in [0.25, 0.3) is 5.41 Å². The topological polar surface area (TPSA) is 65.4 Å². The molecule has 0 amide bonds. The zero-order chi connectivity index (χ0) is 4.71. The number of rotatable bonds is 0. The van der Waals surface area contributed by atoms with E-state index in [0.717, 1.165) is 0 Å². The Hall–Kier alpha value is -0.660. The molecule has 0 atom stereocenters. The summed E-state index contributed by atoms with van der Waals surface area (Å²) in [5.74, 6) is 0. The van der Waals surface area contributed by atoms with E-state index in [9.17, 15) is 0 Å². The maximum atomic E-state index is 8.24. The minimum Gasteiger partial charge on any atom is -0.724 e. The number of nitrogens with zero attached hydrogens (tertiary/aromatic N) is 1.